The van der Waals surface area contributed by atoms with Crippen LogP contribution in [0.2, 0.25) is 0 Å². The Hall–Kier alpha value is -3.90. The van der Waals surface area contributed by atoms with Crippen molar-refractivity contribution in [3.8, 4) is 5.75 Å². The highest BCUT2D eigenvalue weighted by Gasteiger charge is 2.50. The monoisotopic (exact) mass is 596 g/mol. The van der Waals surface area contributed by atoms with Gasteiger partial charge in [-0.1, -0.05) is 109 Å². The SMILES string of the molecule is CCCC1C(c2ccccc2)=C(N)c2ccc(C(=O)COc3ccc(C(C)(C)CC)cc3C(C)(C)CC)cc2C1(O)C(N)=O. The van der Waals surface area contributed by atoms with Crippen molar-refractivity contribution in [1.82, 2.24) is 0 Å². The summed E-state index contributed by atoms with van der Waals surface area (Å²) in [5, 5.41) is 12.1. The van der Waals surface area contributed by atoms with Crippen molar-refractivity contribution in [1.29, 1.82) is 0 Å². The number of carbonyl (C=O) groups excluding carboxylic acids is 2. The number of aliphatic hydroxyl groups is 1. The van der Waals surface area contributed by atoms with Crippen molar-refractivity contribution in [2.45, 2.75) is 90.6 Å². The largest absolute Gasteiger partial charge is 0.485 e. The van der Waals surface area contributed by atoms with Crippen molar-refractivity contribution in [3.05, 3.63) is 100 Å². The van der Waals surface area contributed by atoms with Crippen LogP contribution in [-0.4, -0.2) is 23.4 Å². The van der Waals surface area contributed by atoms with Gasteiger partial charge in [-0.2, -0.15) is 0 Å². The number of amides is 1. The van der Waals surface area contributed by atoms with Gasteiger partial charge >= 0.3 is 0 Å². The average molecular weight is 597 g/mol. The molecule has 0 aromatic heterocycles. The molecule has 44 heavy (non-hydrogen) atoms. The van der Waals surface area contributed by atoms with E-state index >= 15 is 0 Å². The lowest BCUT2D eigenvalue weighted by atomic mass is 9.66. The number of Topliss-reactive ketones (excluding diaryl/α,β-unsaturated/α-hetero) is 1. The summed E-state index contributed by atoms with van der Waals surface area (Å²) in [6.07, 6.45) is 3.07. The minimum absolute atomic E-state index is 0.0135. The lowest BCUT2D eigenvalue weighted by Crippen LogP contribution is -2.50. The van der Waals surface area contributed by atoms with Gasteiger partial charge in [0.2, 0.25) is 0 Å². The van der Waals surface area contributed by atoms with Crippen LogP contribution in [-0.2, 0) is 21.2 Å². The van der Waals surface area contributed by atoms with Crippen LogP contribution in [0.5, 0.6) is 5.75 Å². The highest BCUT2D eigenvalue weighted by molar-refractivity contribution is 6.03. The second kappa shape index (κ2) is 12.6. The molecule has 0 saturated carbocycles. The number of hydrogen-bond donors (Lipinski definition) is 3. The Morgan fingerprint density at radius 1 is 0.909 bits per heavy atom. The summed E-state index contributed by atoms with van der Waals surface area (Å²) in [4.78, 5) is 26.7. The molecule has 4 rings (SSSR count). The minimum atomic E-state index is -2.04. The average Bonchev–Trinajstić information content (AvgIpc) is 3.02. The first-order valence-electron chi connectivity index (χ1n) is 15.8. The standard InChI is InChI=1S/C38H48N2O4/c1-8-14-28-33(24-15-12-11-13-16-24)34(39)27-19-17-25(21-29(27)38(28,43)35(40)42)31(41)23-44-32-20-18-26(36(4,5)9-2)22-30(32)37(6,7)10-3/h11-13,15-22,28,43H,8-10,14,23,39H2,1-7H3,(H2,40,42). The van der Waals surface area contributed by atoms with Crippen molar-refractivity contribution in [2.24, 2.45) is 17.4 Å². The minimum Gasteiger partial charge on any atom is -0.485 e. The molecule has 1 amide bonds. The molecule has 0 fully saturated rings. The van der Waals surface area contributed by atoms with Crippen LogP contribution in [0, 0.1) is 5.92 Å². The smallest absolute Gasteiger partial charge is 0.254 e. The van der Waals surface area contributed by atoms with Gasteiger partial charge in [-0.25, -0.2) is 0 Å². The molecule has 0 bridgehead atoms. The molecule has 0 spiro atoms. The molecule has 0 heterocycles. The number of carbonyl (C=O) groups is 2. The van der Waals surface area contributed by atoms with E-state index in [0.717, 1.165) is 24.0 Å². The Balaban J connectivity index is 1.74. The van der Waals surface area contributed by atoms with Crippen molar-refractivity contribution < 1.29 is 19.4 Å². The predicted molar refractivity (Wildman–Crippen MR) is 178 cm³/mol. The number of nitrogens with two attached hydrogens (primary N) is 2. The summed E-state index contributed by atoms with van der Waals surface area (Å²) < 4.78 is 6.20. The molecule has 3 aromatic carbocycles. The van der Waals surface area contributed by atoms with Gasteiger partial charge in [0.05, 0.1) is 0 Å². The molecule has 6 heteroatoms. The number of fused-ring (bicyclic) bond motifs is 1. The fourth-order valence-electron chi connectivity index (χ4n) is 6.14. The second-order valence-electron chi connectivity index (χ2n) is 13.3. The van der Waals surface area contributed by atoms with Crippen LogP contribution < -0.4 is 16.2 Å². The Morgan fingerprint density at radius 2 is 1.57 bits per heavy atom. The first-order chi connectivity index (χ1) is 20.7. The predicted octanol–water partition coefficient (Wildman–Crippen LogP) is 7.25. The van der Waals surface area contributed by atoms with Gasteiger partial charge < -0.3 is 21.3 Å². The van der Waals surface area contributed by atoms with Crippen LogP contribution in [0.4, 0.5) is 0 Å². The van der Waals surface area contributed by atoms with Crippen molar-refractivity contribution in [2.75, 3.05) is 6.61 Å². The van der Waals surface area contributed by atoms with Gasteiger partial charge in [0.15, 0.2) is 18.0 Å². The van der Waals surface area contributed by atoms with E-state index in [9.17, 15) is 14.7 Å². The van der Waals surface area contributed by atoms with Crippen LogP contribution in [0.15, 0.2) is 66.7 Å². The van der Waals surface area contributed by atoms with E-state index < -0.39 is 17.4 Å². The van der Waals surface area contributed by atoms with Gasteiger partial charge in [-0.15, -0.1) is 0 Å². The van der Waals surface area contributed by atoms with E-state index in [-0.39, 0.29) is 28.8 Å². The van der Waals surface area contributed by atoms with Crippen LogP contribution in [0.25, 0.3) is 11.3 Å². The maximum atomic E-state index is 13.6. The van der Waals surface area contributed by atoms with E-state index in [0.29, 0.717) is 41.0 Å². The molecule has 0 saturated heterocycles. The van der Waals surface area contributed by atoms with Crippen LogP contribution >= 0.6 is 0 Å². The maximum Gasteiger partial charge on any atom is 0.254 e. The number of primary amides is 1. The third kappa shape index (κ3) is 5.92. The zero-order valence-corrected chi connectivity index (χ0v) is 27.3. The van der Waals surface area contributed by atoms with E-state index in [4.69, 9.17) is 16.2 Å². The topological polar surface area (TPSA) is 116 Å². The first kappa shape index (κ1) is 33.0. The summed E-state index contributed by atoms with van der Waals surface area (Å²) in [7, 11) is 0. The zero-order valence-electron chi connectivity index (χ0n) is 27.3. The Bertz CT molecular complexity index is 1570. The summed E-state index contributed by atoms with van der Waals surface area (Å²) in [6.45, 7) is 14.9. The molecule has 2 atom stereocenters. The first-order valence-corrected chi connectivity index (χ1v) is 15.8. The summed E-state index contributed by atoms with van der Waals surface area (Å²) in [5.41, 5.74) is 15.8. The Kier molecular flexibility index (Phi) is 9.46. The lowest BCUT2D eigenvalue weighted by Gasteiger charge is -2.41. The highest BCUT2D eigenvalue weighted by Crippen LogP contribution is 2.50. The molecule has 5 N–H and O–H groups in total. The van der Waals surface area contributed by atoms with E-state index in [1.165, 1.54) is 5.56 Å². The van der Waals surface area contributed by atoms with Gasteiger partial charge in [0.1, 0.15) is 5.75 Å². The Morgan fingerprint density at radius 3 is 2.16 bits per heavy atom. The molecule has 234 valence electrons. The van der Waals surface area contributed by atoms with E-state index in [2.05, 4.69) is 53.7 Å². The summed E-state index contributed by atoms with van der Waals surface area (Å²) in [5.74, 6) is -1.15. The van der Waals surface area contributed by atoms with E-state index in [1.807, 2.05) is 43.3 Å². The highest BCUT2D eigenvalue weighted by atomic mass is 16.5. The van der Waals surface area contributed by atoms with Crippen LogP contribution in [0.1, 0.15) is 112 Å². The maximum absolute atomic E-state index is 13.6. The molecule has 2 unspecified atom stereocenters. The number of hydrogen-bond acceptors (Lipinski definition) is 5. The number of rotatable bonds is 12. The quantitative estimate of drug-likeness (QED) is 0.190. The third-order valence-electron chi connectivity index (χ3n) is 9.84. The van der Waals surface area contributed by atoms with Gasteiger partial charge in [0.25, 0.3) is 5.91 Å². The molecule has 0 aliphatic heterocycles. The third-order valence-corrected chi connectivity index (χ3v) is 9.84. The number of ether oxygens (including phenoxy) is 1. The molecule has 1 aliphatic rings. The van der Waals surface area contributed by atoms with Gasteiger partial charge in [-0.3, -0.25) is 9.59 Å². The van der Waals surface area contributed by atoms with Gasteiger partial charge in [-0.05, 0) is 58.9 Å². The zero-order chi connectivity index (χ0) is 32.4. The lowest BCUT2D eigenvalue weighted by molar-refractivity contribution is -0.141. The summed E-state index contributed by atoms with van der Waals surface area (Å²) in [6, 6.07) is 20.7. The van der Waals surface area contributed by atoms with Gasteiger partial charge in [0, 0.05) is 33.9 Å². The molecule has 3 aromatic rings. The molecule has 6 nitrogen and oxygen atoms in total. The molecular formula is C38H48N2O4. The molecular weight excluding hydrogens is 548 g/mol. The van der Waals surface area contributed by atoms with Crippen LogP contribution in [0.3, 0.4) is 0 Å². The number of ketones is 1. The summed E-state index contributed by atoms with van der Waals surface area (Å²) >= 11 is 0. The normalized spacial score (nSPS) is 18.6. The molecule has 0 radical (unpaired) electrons. The Labute approximate surface area is 262 Å². The second-order valence-corrected chi connectivity index (χ2v) is 13.3. The van der Waals surface area contributed by atoms with E-state index in [1.54, 1.807) is 18.2 Å². The molecule has 1 aliphatic carbocycles. The fraction of sp³-hybridized carbons (Fsp3) is 0.421. The van der Waals surface area contributed by atoms with Crippen molar-refractivity contribution in [3.63, 3.8) is 0 Å². The number of benzene rings is 3. The fourth-order valence-corrected chi connectivity index (χ4v) is 6.14. The van der Waals surface area contributed by atoms with Crippen molar-refractivity contribution >= 4 is 23.0 Å².